The second-order valence-electron chi connectivity index (χ2n) is 2.72. The SMILES string of the molecule is CC.CCOc1ccsc1-c1noc(CO)n1. The zero-order valence-electron chi connectivity index (χ0n) is 10.1. The van der Waals surface area contributed by atoms with Crippen molar-refractivity contribution in [1.29, 1.82) is 0 Å². The summed E-state index contributed by atoms with van der Waals surface area (Å²) in [4.78, 5) is 4.84. The van der Waals surface area contributed by atoms with Crippen LogP contribution in [-0.2, 0) is 6.61 Å². The molecule has 0 amide bonds. The van der Waals surface area contributed by atoms with Gasteiger partial charge in [0.15, 0.2) is 0 Å². The molecule has 0 spiro atoms. The lowest BCUT2D eigenvalue weighted by molar-refractivity contribution is 0.222. The fourth-order valence-electron chi connectivity index (χ4n) is 1.14. The van der Waals surface area contributed by atoms with Crippen molar-refractivity contribution >= 4 is 11.3 Å². The normalized spacial score (nSPS) is 9.65. The lowest BCUT2D eigenvalue weighted by Gasteiger charge is -2.00. The largest absolute Gasteiger partial charge is 0.492 e. The monoisotopic (exact) mass is 256 g/mol. The molecule has 0 aliphatic carbocycles. The molecule has 94 valence electrons. The number of hydrogen-bond donors (Lipinski definition) is 1. The number of nitrogens with zero attached hydrogens (tertiary/aromatic N) is 2. The van der Waals surface area contributed by atoms with Gasteiger partial charge in [0.25, 0.3) is 5.89 Å². The molecular formula is C11H16N2O3S. The highest BCUT2D eigenvalue weighted by atomic mass is 32.1. The van der Waals surface area contributed by atoms with Crippen LogP contribution in [-0.4, -0.2) is 21.9 Å². The first-order valence-electron chi connectivity index (χ1n) is 5.49. The van der Waals surface area contributed by atoms with Crippen LogP contribution >= 0.6 is 11.3 Å². The average Bonchev–Trinajstić information content (AvgIpc) is 2.99. The quantitative estimate of drug-likeness (QED) is 0.910. The molecule has 0 radical (unpaired) electrons. The molecule has 2 rings (SSSR count). The van der Waals surface area contributed by atoms with Gasteiger partial charge in [-0.25, -0.2) is 0 Å². The number of aliphatic hydroxyl groups excluding tert-OH is 1. The molecule has 0 fully saturated rings. The zero-order valence-corrected chi connectivity index (χ0v) is 11.0. The van der Waals surface area contributed by atoms with Gasteiger partial charge in [-0.2, -0.15) is 4.98 Å². The third kappa shape index (κ3) is 3.28. The van der Waals surface area contributed by atoms with Crippen molar-refractivity contribution < 1.29 is 14.4 Å². The Kier molecular flexibility index (Phi) is 5.65. The highest BCUT2D eigenvalue weighted by Gasteiger charge is 2.14. The standard InChI is InChI=1S/C9H10N2O3S.C2H6/c1-2-13-6-3-4-15-8(6)9-10-7(5-12)14-11-9;1-2/h3-4,12H,2,5H2,1H3;1-2H3. The van der Waals surface area contributed by atoms with Gasteiger partial charge in [-0.1, -0.05) is 19.0 Å². The third-order valence-corrected chi connectivity index (χ3v) is 2.63. The van der Waals surface area contributed by atoms with Gasteiger partial charge in [0, 0.05) is 0 Å². The summed E-state index contributed by atoms with van der Waals surface area (Å²) >= 11 is 1.47. The van der Waals surface area contributed by atoms with E-state index in [4.69, 9.17) is 14.4 Å². The van der Waals surface area contributed by atoms with Gasteiger partial charge in [-0.15, -0.1) is 11.3 Å². The van der Waals surface area contributed by atoms with Crippen LogP contribution in [0.4, 0.5) is 0 Å². The van der Waals surface area contributed by atoms with Gasteiger partial charge in [0.1, 0.15) is 17.2 Å². The maximum Gasteiger partial charge on any atom is 0.252 e. The third-order valence-electron chi connectivity index (χ3n) is 1.74. The summed E-state index contributed by atoms with van der Waals surface area (Å²) < 4.78 is 10.2. The van der Waals surface area contributed by atoms with Crippen LogP contribution in [0.3, 0.4) is 0 Å². The van der Waals surface area contributed by atoms with E-state index in [-0.39, 0.29) is 12.5 Å². The minimum Gasteiger partial charge on any atom is -0.492 e. The van der Waals surface area contributed by atoms with E-state index in [0.29, 0.717) is 12.4 Å². The Morgan fingerprint density at radius 1 is 1.47 bits per heavy atom. The molecule has 0 bridgehead atoms. The number of aliphatic hydroxyl groups is 1. The Bertz CT molecular complexity index is 439. The van der Waals surface area contributed by atoms with Gasteiger partial charge in [0.2, 0.25) is 5.82 Å². The van der Waals surface area contributed by atoms with E-state index in [1.165, 1.54) is 11.3 Å². The second kappa shape index (κ2) is 7.03. The van der Waals surface area contributed by atoms with Crippen LogP contribution in [0.1, 0.15) is 26.7 Å². The summed E-state index contributed by atoms with van der Waals surface area (Å²) in [5, 5.41) is 14.5. The van der Waals surface area contributed by atoms with Crippen LogP contribution in [0, 0.1) is 0 Å². The number of ether oxygens (including phenoxy) is 1. The molecule has 0 unspecified atom stereocenters. The van der Waals surface area contributed by atoms with Crippen LogP contribution in [0.5, 0.6) is 5.75 Å². The van der Waals surface area contributed by atoms with Gasteiger partial charge < -0.3 is 14.4 Å². The predicted molar refractivity (Wildman–Crippen MR) is 66.1 cm³/mol. The van der Waals surface area contributed by atoms with Crippen LogP contribution in [0.25, 0.3) is 10.7 Å². The lowest BCUT2D eigenvalue weighted by Crippen LogP contribution is -1.91. The molecule has 1 N–H and O–H groups in total. The van der Waals surface area contributed by atoms with Crippen molar-refractivity contribution in [3.63, 3.8) is 0 Å². The predicted octanol–water partition coefficient (Wildman–Crippen LogP) is 2.72. The Labute approximate surface area is 104 Å². The fraction of sp³-hybridized carbons (Fsp3) is 0.455. The number of rotatable bonds is 4. The van der Waals surface area contributed by atoms with Gasteiger partial charge in [-0.05, 0) is 18.4 Å². The van der Waals surface area contributed by atoms with Crippen LogP contribution in [0.15, 0.2) is 16.0 Å². The molecule has 0 atom stereocenters. The fourth-order valence-corrected chi connectivity index (χ4v) is 1.90. The van der Waals surface area contributed by atoms with Crippen molar-refractivity contribution in [1.82, 2.24) is 10.1 Å². The van der Waals surface area contributed by atoms with Crippen molar-refractivity contribution in [3.8, 4) is 16.5 Å². The number of thiophene rings is 1. The van der Waals surface area contributed by atoms with Crippen molar-refractivity contribution in [3.05, 3.63) is 17.3 Å². The minimum atomic E-state index is -0.248. The van der Waals surface area contributed by atoms with E-state index in [1.54, 1.807) is 0 Å². The minimum absolute atomic E-state index is 0.209. The molecule has 17 heavy (non-hydrogen) atoms. The topological polar surface area (TPSA) is 68.4 Å². The Morgan fingerprint density at radius 2 is 2.24 bits per heavy atom. The highest BCUT2D eigenvalue weighted by molar-refractivity contribution is 7.13. The summed E-state index contributed by atoms with van der Waals surface area (Å²) in [5.74, 6) is 1.41. The van der Waals surface area contributed by atoms with Crippen molar-refractivity contribution in [2.75, 3.05) is 6.61 Å². The molecule has 0 aliphatic heterocycles. The maximum absolute atomic E-state index is 8.80. The molecule has 0 aromatic carbocycles. The van der Waals surface area contributed by atoms with E-state index < -0.39 is 0 Å². The van der Waals surface area contributed by atoms with E-state index >= 15 is 0 Å². The van der Waals surface area contributed by atoms with Gasteiger partial charge >= 0.3 is 0 Å². The Balaban J connectivity index is 0.000000686. The Morgan fingerprint density at radius 3 is 2.82 bits per heavy atom. The maximum atomic E-state index is 8.80. The summed E-state index contributed by atoms with van der Waals surface area (Å²) in [5.41, 5.74) is 0. The summed E-state index contributed by atoms with van der Waals surface area (Å²) in [6.07, 6.45) is 0. The van der Waals surface area contributed by atoms with Gasteiger partial charge in [-0.3, -0.25) is 0 Å². The molecule has 0 saturated carbocycles. The van der Waals surface area contributed by atoms with Crippen molar-refractivity contribution in [2.24, 2.45) is 0 Å². The molecule has 0 saturated heterocycles. The Hall–Kier alpha value is -1.40. The van der Waals surface area contributed by atoms with E-state index in [9.17, 15) is 0 Å². The van der Waals surface area contributed by atoms with Crippen molar-refractivity contribution in [2.45, 2.75) is 27.4 Å². The van der Waals surface area contributed by atoms with Crippen LogP contribution in [0.2, 0.25) is 0 Å². The first-order valence-corrected chi connectivity index (χ1v) is 6.37. The molecule has 2 aromatic heterocycles. The lowest BCUT2D eigenvalue weighted by atomic mass is 10.4. The molecule has 2 aromatic rings. The molecule has 6 heteroatoms. The highest BCUT2D eigenvalue weighted by Crippen LogP contribution is 2.33. The molecular weight excluding hydrogens is 240 g/mol. The second-order valence-corrected chi connectivity index (χ2v) is 3.63. The van der Waals surface area contributed by atoms with E-state index in [1.807, 2.05) is 32.2 Å². The first kappa shape index (κ1) is 13.7. The summed E-state index contributed by atoms with van der Waals surface area (Å²) in [7, 11) is 0. The van der Waals surface area contributed by atoms with Gasteiger partial charge in [0.05, 0.1) is 6.61 Å². The average molecular weight is 256 g/mol. The molecule has 2 heterocycles. The summed E-state index contributed by atoms with van der Waals surface area (Å²) in [6, 6.07) is 1.86. The summed E-state index contributed by atoms with van der Waals surface area (Å²) in [6.45, 7) is 6.26. The molecule has 5 nitrogen and oxygen atoms in total. The number of aromatic nitrogens is 2. The molecule has 0 aliphatic rings. The van der Waals surface area contributed by atoms with E-state index in [0.717, 1.165) is 10.6 Å². The van der Waals surface area contributed by atoms with E-state index in [2.05, 4.69) is 10.1 Å². The zero-order chi connectivity index (χ0) is 12.7. The first-order chi connectivity index (χ1) is 8.35. The smallest absolute Gasteiger partial charge is 0.252 e. The van der Waals surface area contributed by atoms with Crippen LogP contribution < -0.4 is 4.74 Å². The number of hydrogen-bond acceptors (Lipinski definition) is 6.